The summed E-state index contributed by atoms with van der Waals surface area (Å²) in [7, 11) is -6.25. The molecule has 1 radical (unpaired) electrons. The summed E-state index contributed by atoms with van der Waals surface area (Å²) >= 11 is -3.63. The molecule has 0 aliphatic heterocycles. The van der Waals surface area contributed by atoms with Gasteiger partial charge in [0.25, 0.3) is 0 Å². The number of rotatable bonds is 5. The second-order valence-electron chi connectivity index (χ2n) is 7.33. The van der Waals surface area contributed by atoms with Gasteiger partial charge in [0.2, 0.25) is 0 Å². The average Bonchev–Trinajstić information content (AvgIpc) is 2.59. The maximum absolute atomic E-state index is 13.6. The van der Waals surface area contributed by atoms with Crippen LogP contribution in [0, 0.1) is 14.1 Å². The van der Waals surface area contributed by atoms with E-state index in [4.69, 9.17) is 0 Å². The highest BCUT2D eigenvalue weighted by molar-refractivity contribution is 7.87. The topological polar surface area (TPSA) is 43.4 Å². The summed E-state index contributed by atoms with van der Waals surface area (Å²) in [4.78, 5) is 0. The third-order valence-electron chi connectivity index (χ3n) is 3.91. The highest BCUT2D eigenvalue weighted by Crippen LogP contribution is 2.39. The molecule has 0 aliphatic rings. The summed E-state index contributed by atoms with van der Waals surface area (Å²) < 4.78 is 94.0. The van der Waals surface area contributed by atoms with Gasteiger partial charge in [-0.15, -0.1) is 0 Å². The van der Waals surface area contributed by atoms with Crippen LogP contribution < -0.4 is 20.2 Å². The summed E-state index contributed by atoms with van der Waals surface area (Å²) in [6.07, 6.45) is -6.28. The standard InChI is InChI=1S/C19H20F5IO3S/c1-13-5-9-15(10-6-13)25(16-11-7-14(8-12-16)17(2,3)4)28-29(26,27)19(23,24)18(20,21)22/h5-12H,1-4H3/q+1. The molecule has 0 aliphatic carbocycles. The van der Waals surface area contributed by atoms with E-state index in [0.29, 0.717) is 0 Å². The Morgan fingerprint density at radius 2 is 1.21 bits per heavy atom. The zero-order valence-corrected chi connectivity index (χ0v) is 19.0. The quantitative estimate of drug-likeness (QED) is 0.425. The van der Waals surface area contributed by atoms with Crippen molar-refractivity contribution in [2.45, 2.75) is 44.5 Å². The van der Waals surface area contributed by atoms with Crippen LogP contribution >= 0.6 is 0 Å². The predicted molar refractivity (Wildman–Crippen MR) is 94.7 cm³/mol. The summed E-state index contributed by atoms with van der Waals surface area (Å²) in [6.45, 7) is 7.60. The van der Waals surface area contributed by atoms with E-state index in [2.05, 4.69) is 2.51 Å². The smallest absolute Gasteiger partial charge is 0.189 e. The minimum atomic E-state index is -6.28. The van der Waals surface area contributed by atoms with Crippen molar-refractivity contribution < 1.29 is 53.1 Å². The zero-order valence-electron chi connectivity index (χ0n) is 16.0. The molecule has 2 aromatic rings. The maximum Gasteiger partial charge on any atom is 0.472 e. The van der Waals surface area contributed by atoms with E-state index >= 15 is 0 Å². The van der Waals surface area contributed by atoms with Crippen LogP contribution in [0.3, 0.4) is 0 Å². The Kier molecular flexibility index (Phi) is 6.71. The van der Waals surface area contributed by atoms with E-state index in [9.17, 15) is 30.4 Å². The van der Waals surface area contributed by atoms with Gasteiger partial charge in [-0.3, -0.25) is 0 Å². The predicted octanol–water partition coefficient (Wildman–Crippen LogP) is 2.37. The molecule has 0 amide bonds. The third-order valence-corrected chi connectivity index (χ3v) is 11.3. The third kappa shape index (κ3) is 5.26. The first-order valence-electron chi connectivity index (χ1n) is 8.32. The van der Waals surface area contributed by atoms with Crippen molar-refractivity contribution in [3.05, 3.63) is 66.8 Å². The first-order chi connectivity index (χ1) is 13.1. The molecule has 0 aromatic heterocycles. The molecule has 0 unspecified atom stereocenters. The Morgan fingerprint density at radius 3 is 1.59 bits per heavy atom. The molecule has 0 atom stereocenters. The van der Waals surface area contributed by atoms with Gasteiger partial charge in [0.05, 0.1) is 0 Å². The lowest BCUT2D eigenvalue weighted by Crippen LogP contribution is -3.85. The van der Waals surface area contributed by atoms with Crippen molar-refractivity contribution in [1.82, 2.24) is 0 Å². The molecule has 2 aromatic carbocycles. The average molecular weight is 550 g/mol. The summed E-state index contributed by atoms with van der Waals surface area (Å²) in [5.74, 6) is 0. The van der Waals surface area contributed by atoms with Crippen LogP contribution in [0.15, 0.2) is 48.5 Å². The van der Waals surface area contributed by atoms with E-state index < -0.39 is 41.8 Å². The van der Waals surface area contributed by atoms with Crippen LogP contribution in [-0.2, 0) is 18.0 Å². The van der Waals surface area contributed by atoms with Crippen LogP contribution in [0.5, 0.6) is 0 Å². The van der Waals surface area contributed by atoms with Gasteiger partial charge >= 0.3 is 41.8 Å². The fourth-order valence-corrected chi connectivity index (χ4v) is 8.94. The van der Waals surface area contributed by atoms with E-state index in [0.717, 1.165) is 11.1 Å². The minimum absolute atomic E-state index is 0.225. The van der Waals surface area contributed by atoms with Crippen molar-refractivity contribution in [3.63, 3.8) is 0 Å². The van der Waals surface area contributed by atoms with Crippen molar-refractivity contribution in [2.75, 3.05) is 0 Å². The lowest BCUT2D eigenvalue weighted by Gasteiger charge is -2.19. The van der Waals surface area contributed by atoms with Crippen LogP contribution in [-0.4, -0.2) is 19.8 Å². The Balaban J connectivity index is 2.53. The van der Waals surface area contributed by atoms with Crippen molar-refractivity contribution in [1.29, 1.82) is 0 Å². The lowest BCUT2D eigenvalue weighted by atomic mass is 9.87. The van der Waals surface area contributed by atoms with Crippen LogP contribution in [0.4, 0.5) is 22.0 Å². The Bertz CT molecular complexity index is 947. The molecular formula is C19H20F5IO3S+. The molecule has 2 rings (SSSR count). The molecule has 0 saturated carbocycles. The maximum atomic E-state index is 13.6. The van der Waals surface area contributed by atoms with Gasteiger partial charge in [-0.05, 0) is 44.7 Å². The molecule has 0 N–H and O–H groups in total. The highest BCUT2D eigenvalue weighted by atomic mass is 127. The van der Waals surface area contributed by atoms with E-state index in [1.54, 1.807) is 31.2 Å². The fourth-order valence-electron chi connectivity index (χ4n) is 2.17. The molecule has 3 nitrogen and oxygen atoms in total. The molecule has 0 spiro atoms. The SMILES string of the molecule is Cc1ccc([I+](OS(=O)(=O)C(F)(F)C(F)(F)F)c2ccc(C(C)(C)C)cc2)cc1. The van der Waals surface area contributed by atoms with Crippen molar-refractivity contribution >= 4 is 10.1 Å². The summed E-state index contributed by atoms with van der Waals surface area (Å²) in [6, 6.07) is 12.6. The van der Waals surface area contributed by atoms with E-state index in [1.807, 2.05) is 20.8 Å². The lowest BCUT2D eigenvalue weighted by molar-refractivity contribution is -1.03. The zero-order chi connectivity index (χ0) is 22.3. The second kappa shape index (κ2) is 8.10. The van der Waals surface area contributed by atoms with Gasteiger partial charge in [-0.1, -0.05) is 50.6 Å². The number of hydrogen-bond acceptors (Lipinski definition) is 3. The van der Waals surface area contributed by atoms with Crippen molar-refractivity contribution in [3.8, 4) is 0 Å². The second-order valence-corrected chi connectivity index (χ2v) is 13.9. The Labute approximate surface area is 174 Å². The molecule has 0 saturated heterocycles. The number of halogens is 6. The molecule has 0 heterocycles. The van der Waals surface area contributed by atoms with Gasteiger partial charge < -0.3 is 0 Å². The first kappa shape index (κ1) is 24.0. The molecule has 161 valence electrons. The van der Waals surface area contributed by atoms with Crippen LogP contribution in [0.1, 0.15) is 31.9 Å². The summed E-state index contributed by atoms with van der Waals surface area (Å²) in [5, 5.41) is -6.01. The number of hydrogen-bond donors (Lipinski definition) is 0. The first-order valence-corrected chi connectivity index (χ1v) is 12.8. The van der Waals surface area contributed by atoms with Crippen LogP contribution in [0.25, 0.3) is 0 Å². The molecular weight excluding hydrogens is 530 g/mol. The normalized spacial score (nSPS) is 13.7. The Morgan fingerprint density at radius 1 is 0.793 bits per heavy atom. The monoisotopic (exact) mass is 550 g/mol. The van der Waals surface area contributed by atoms with E-state index in [-0.39, 0.29) is 12.6 Å². The van der Waals surface area contributed by atoms with Gasteiger partial charge in [0.15, 0.2) is 7.14 Å². The number of aryl methyl sites for hydroxylation is 1. The van der Waals surface area contributed by atoms with E-state index in [1.165, 1.54) is 24.3 Å². The van der Waals surface area contributed by atoms with Gasteiger partial charge in [0.1, 0.15) is 0 Å². The summed E-state index contributed by atoms with van der Waals surface area (Å²) in [5.41, 5.74) is 1.48. The largest absolute Gasteiger partial charge is 0.472 e. The van der Waals surface area contributed by atoms with Gasteiger partial charge in [-0.25, -0.2) is 0 Å². The van der Waals surface area contributed by atoms with Gasteiger partial charge in [0, 0.05) is 0 Å². The molecule has 10 heteroatoms. The minimum Gasteiger partial charge on any atom is -0.189 e. The Hall–Kier alpha value is -1.27. The molecule has 0 fully saturated rings. The number of benzene rings is 2. The highest BCUT2D eigenvalue weighted by Gasteiger charge is 2.70. The molecule has 0 bridgehead atoms. The number of alkyl halides is 5. The van der Waals surface area contributed by atoms with Crippen molar-refractivity contribution in [2.24, 2.45) is 0 Å². The fraction of sp³-hybridized carbons (Fsp3) is 0.368. The van der Waals surface area contributed by atoms with Crippen LogP contribution in [0.2, 0.25) is 0 Å². The van der Waals surface area contributed by atoms with Gasteiger partial charge in [-0.2, -0.15) is 30.4 Å². The molecule has 29 heavy (non-hydrogen) atoms.